The summed E-state index contributed by atoms with van der Waals surface area (Å²) >= 11 is 0. The molecule has 104 valence electrons. The number of nitro benzene ring substituents is 1. The van der Waals surface area contributed by atoms with Crippen molar-refractivity contribution < 1.29 is 9.72 Å². The van der Waals surface area contributed by atoms with Gasteiger partial charge in [-0.2, -0.15) is 0 Å². The van der Waals surface area contributed by atoms with Crippen molar-refractivity contribution in [1.82, 2.24) is 0 Å². The Hall–Kier alpha value is -1.95. The van der Waals surface area contributed by atoms with Crippen LogP contribution in [0.15, 0.2) is 18.2 Å². The summed E-state index contributed by atoms with van der Waals surface area (Å²) in [4.78, 5) is 22.0. The molecule has 6 heteroatoms. The minimum Gasteiger partial charge on any atom is -0.325 e. The molecule has 0 aliphatic rings. The number of rotatable bonds is 6. The van der Waals surface area contributed by atoms with Crippen molar-refractivity contribution in [1.29, 1.82) is 0 Å². The number of nitrogens with zero attached hydrogens (tertiary/aromatic N) is 1. The minimum atomic E-state index is -0.546. The van der Waals surface area contributed by atoms with Crippen LogP contribution in [-0.4, -0.2) is 16.9 Å². The second kappa shape index (κ2) is 6.84. The van der Waals surface area contributed by atoms with Crippen LogP contribution in [0.5, 0.6) is 0 Å². The maximum Gasteiger partial charge on any atom is 0.272 e. The Labute approximate surface area is 112 Å². The number of unbranched alkanes of at least 4 members (excludes halogenated alkanes) is 1. The summed E-state index contributed by atoms with van der Waals surface area (Å²) in [7, 11) is 0. The van der Waals surface area contributed by atoms with Gasteiger partial charge >= 0.3 is 0 Å². The normalized spacial score (nSPS) is 11.9. The summed E-state index contributed by atoms with van der Waals surface area (Å²) in [6.45, 7) is 3.66. The molecule has 0 aliphatic heterocycles. The van der Waals surface area contributed by atoms with Crippen LogP contribution in [0, 0.1) is 17.0 Å². The zero-order valence-corrected chi connectivity index (χ0v) is 11.2. The summed E-state index contributed by atoms with van der Waals surface area (Å²) < 4.78 is 0. The lowest BCUT2D eigenvalue weighted by Gasteiger charge is -2.12. The highest BCUT2D eigenvalue weighted by atomic mass is 16.6. The number of benzene rings is 1. The summed E-state index contributed by atoms with van der Waals surface area (Å²) in [5.74, 6) is -0.262. The van der Waals surface area contributed by atoms with Crippen molar-refractivity contribution in [2.75, 3.05) is 5.32 Å². The smallest absolute Gasteiger partial charge is 0.272 e. The molecule has 0 heterocycles. The van der Waals surface area contributed by atoms with Crippen LogP contribution in [0.1, 0.15) is 31.7 Å². The number of hydrogen-bond donors (Lipinski definition) is 2. The Bertz CT molecular complexity index is 474. The van der Waals surface area contributed by atoms with Gasteiger partial charge in [0.25, 0.3) is 5.69 Å². The molecule has 0 aliphatic carbocycles. The van der Waals surface area contributed by atoms with E-state index in [9.17, 15) is 14.9 Å². The number of amides is 1. The molecule has 0 bridgehead atoms. The second-order valence-corrected chi connectivity index (χ2v) is 4.50. The number of nitrogens with two attached hydrogens (primary N) is 1. The average Bonchev–Trinajstić information content (AvgIpc) is 2.35. The van der Waals surface area contributed by atoms with E-state index >= 15 is 0 Å². The predicted octanol–water partition coefficient (Wildman–Crippen LogP) is 2.36. The molecule has 19 heavy (non-hydrogen) atoms. The Morgan fingerprint density at radius 3 is 2.74 bits per heavy atom. The predicted molar refractivity (Wildman–Crippen MR) is 74.0 cm³/mol. The van der Waals surface area contributed by atoms with Gasteiger partial charge in [0.15, 0.2) is 0 Å². The van der Waals surface area contributed by atoms with Crippen molar-refractivity contribution in [2.45, 2.75) is 39.2 Å². The van der Waals surface area contributed by atoms with Crippen LogP contribution in [-0.2, 0) is 4.79 Å². The van der Waals surface area contributed by atoms with E-state index < -0.39 is 11.0 Å². The van der Waals surface area contributed by atoms with Crippen LogP contribution in [0.2, 0.25) is 0 Å². The zero-order chi connectivity index (χ0) is 14.4. The SMILES string of the molecule is CCCC[C@H](N)C(=O)Nc1ccc([N+](=O)[O-])c(C)c1. The highest BCUT2D eigenvalue weighted by molar-refractivity contribution is 5.94. The molecule has 0 radical (unpaired) electrons. The maximum absolute atomic E-state index is 11.8. The molecule has 0 saturated heterocycles. The van der Waals surface area contributed by atoms with Crippen molar-refractivity contribution in [3.63, 3.8) is 0 Å². The van der Waals surface area contributed by atoms with Crippen LogP contribution >= 0.6 is 0 Å². The average molecular weight is 265 g/mol. The molecule has 6 nitrogen and oxygen atoms in total. The van der Waals surface area contributed by atoms with E-state index in [4.69, 9.17) is 5.73 Å². The highest BCUT2D eigenvalue weighted by Gasteiger charge is 2.15. The molecule has 1 amide bonds. The van der Waals surface area contributed by atoms with Gasteiger partial charge in [0.05, 0.1) is 11.0 Å². The number of aryl methyl sites for hydroxylation is 1. The van der Waals surface area contributed by atoms with Crippen molar-refractivity contribution in [2.24, 2.45) is 5.73 Å². The van der Waals surface area contributed by atoms with Gasteiger partial charge in [0.1, 0.15) is 0 Å². The number of hydrogen-bond acceptors (Lipinski definition) is 4. The van der Waals surface area contributed by atoms with Crippen LogP contribution < -0.4 is 11.1 Å². The standard InChI is InChI=1S/C13H19N3O3/c1-3-4-5-11(14)13(17)15-10-6-7-12(16(18)19)9(2)8-10/h6-8,11H,3-5,14H2,1-2H3,(H,15,17)/t11-/m0/s1. The monoisotopic (exact) mass is 265 g/mol. The molecular weight excluding hydrogens is 246 g/mol. The van der Waals surface area contributed by atoms with E-state index in [1.165, 1.54) is 12.1 Å². The molecule has 0 saturated carbocycles. The number of nitro groups is 1. The lowest BCUT2D eigenvalue weighted by Crippen LogP contribution is -2.35. The summed E-state index contributed by atoms with van der Waals surface area (Å²) in [6, 6.07) is 3.91. The Morgan fingerprint density at radius 1 is 1.53 bits per heavy atom. The zero-order valence-electron chi connectivity index (χ0n) is 11.2. The van der Waals surface area contributed by atoms with E-state index in [1.54, 1.807) is 13.0 Å². The molecule has 1 aromatic carbocycles. The summed E-state index contributed by atoms with van der Waals surface area (Å²) in [5, 5.41) is 13.4. The lowest BCUT2D eigenvalue weighted by atomic mass is 10.1. The fraction of sp³-hybridized carbons (Fsp3) is 0.462. The molecule has 1 aromatic rings. The van der Waals surface area contributed by atoms with E-state index in [0.29, 0.717) is 17.7 Å². The van der Waals surface area contributed by atoms with E-state index in [0.717, 1.165) is 12.8 Å². The van der Waals surface area contributed by atoms with Crippen molar-refractivity contribution in [3.8, 4) is 0 Å². The van der Waals surface area contributed by atoms with Crippen LogP contribution in [0.4, 0.5) is 11.4 Å². The van der Waals surface area contributed by atoms with Crippen molar-refractivity contribution >= 4 is 17.3 Å². The fourth-order valence-corrected chi connectivity index (χ4v) is 1.73. The molecule has 0 aromatic heterocycles. The van der Waals surface area contributed by atoms with Gasteiger partial charge < -0.3 is 11.1 Å². The van der Waals surface area contributed by atoms with Gasteiger partial charge in [0, 0.05) is 17.3 Å². The third-order valence-corrected chi connectivity index (χ3v) is 2.87. The van der Waals surface area contributed by atoms with E-state index in [-0.39, 0.29) is 11.6 Å². The van der Waals surface area contributed by atoms with Gasteiger partial charge in [-0.25, -0.2) is 0 Å². The van der Waals surface area contributed by atoms with Gasteiger partial charge in [-0.1, -0.05) is 19.8 Å². The molecule has 3 N–H and O–H groups in total. The number of carbonyl (C=O) groups is 1. The van der Waals surface area contributed by atoms with Crippen LogP contribution in [0.25, 0.3) is 0 Å². The minimum absolute atomic E-state index is 0.0354. The molecule has 0 spiro atoms. The van der Waals surface area contributed by atoms with E-state index in [2.05, 4.69) is 5.32 Å². The topological polar surface area (TPSA) is 98.3 Å². The second-order valence-electron chi connectivity index (χ2n) is 4.50. The third kappa shape index (κ3) is 4.33. The highest BCUT2D eigenvalue weighted by Crippen LogP contribution is 2.21. The first-order valence-corrected chi connectivity index (χ1v) is 6.27. The Morgan fingerprint density at radius 2 is 2.21 bits per heavy atom. The largest absolute Gasteiger partial charge is 0.325 e. The van der Waals surface area contributed by atoms with E-state index in [1.807, 2.05) is 6.92 Å². The summed E-state index contributed by atoms with van der Waals surface area (Å²) in [6.07, 6.45) is 2.51. The Balaban J connectivity index is 2.70. The fourth-order valence-electron chi connectivity index (χ4n) is 1.73. The van der Waals surface area contributed by atoms with Gasteiger partial charge in [0.2, 0.25) is 5.91 Å². The number of carbonyl (C=O) groups excluding carboxylic acids is 1. The van der Waals surface area contributed by atoms with Crippen LogP contribution in [0.3, 0.4) is 0 Å². The first-order chi connectivity index (χ1) is 8.95. The lowest BCUT2D eigenvalue weighted by molar-refractivity contribution is -0.385. The molecule has 0 fully saturated rings. The first kappa shape index (κ1) is 15.1. The summed E-state index contributed by atoms with van der Waals surface area (Å²) in [5.41, 5.74) is 6.81. The number of nitrogens with one attached hydrogen (secondary N) is 1. The first-order valence-electron chi connectivity index (χ1n) is 6.27. The quantitative estimate of drug-likeness (QED) is 0.609. The van der Waals surface area contributed by atoms with Gasteiger partial charge in [-0.3, -0.25) is 14.9 Å². The van der Waals surface area contributed by atoms with Crippen molar-refractivity contribution in [3.05, 3.63) is 33.9 Å². The molecular formula is C13H19N3O3. The molecule has 1 rings (SSSR count). The Kier molecular flexibility index (Phi) is 5.44. The molecule has 1 atom stereocenters. The van der Waals surface area contributed by atoms with Gasteiger partial charge in [-0.05, 0) is 25.5 Å². The third-order valence-electron chi connectivity index (χ3n) is 2.87. The number of anilines is 1. The van der Waals surface area contributed by atoms with Gasteiger partial charge in [-0.15, -0.1) is 0 Å². The molecule has 0 unspecified atom stereocenters. The maximum atomic E-state index is 11.8.